The fourth-order valence-corrected chi connectivity index (χ4v) is 2.04. The Labute approximate surface area is 119 Å². The van der Waals surface area contributed by atoms with E-state index in [1.54, 1.807) is 4.68 Å². The fraction of sp³-hybridized carbons (Fsp3) is 0.231. The first-order chi connectivity index (χ1) is 8.70. The van der Waals surface area contributed by atoms with Gasteiger partial charge in [0.2, 0.25) is 0 Å². The van der Waals surface area contributed by atoms with Gasteiger partial charge in [0.25, 0.3) is 0 Å². The Morgan fingerprint density at radius 1 is 1.33 bits per heavy atom. The number of hydrogen-bond acceptors (Lipinski definition) is 2. The normalized spacial score (nSPS) is 10.5. The highest BCUT2D eigenvalue weighted by Gasteiger charge is 2.06. The van der Waals surface area contributed by atoms with Crippen molar-refractivity contribution < 1.29 is 9.90 Å². The van der Waals surface area contributed by atoms with Gasteiger partial charge in [0.05, 0.1) is 17.4 Å². The first kappa shape index (κ1) is 13.1. The SMILES string of the molecule is O=C(O)c1cnn(-c2ccc(CCCI)cc2)c1. The molecule has 0 aliphatic heterocycles. The molecule has 1 aromatic carbocycles. The molecular formula is C13H13IN2O2. The number of nitrogens with zero attached hydrogens (tertiary/aromatic N) is 2. The van der Waals surface area contributed by atoms with Crippen LogP contribution < -0.4 is 0 Å². The minimum atomic E-state index is -0.958. The number of halogens is 1. The third-order valence-electron chi connectivity index (χ3n) is 2.63. The van der Waals surface area contributed by atoms with Crippen LogP contribution in [0.1, 0.15) is 22.3 Å². The van der Waals surface area contributed by atoms with Crippen LogP contribution in [0.15, 0.2) is 36.7 Å². The van der Waals surface area contributed by atoms with Gasteiger partial charge in [-0.15, -0.1) is 0 Å². The fourth-order valence-electron chi connectivity index (χ4n) is 1.66. The summed E-state index contributed by atoms with van der Waals surface area (Å²) in [5.41, 5.74) is 2.37. The summed E-state index contributed by atoms with van der Waals surface area (Å²) < 4.78 is 2.73. The number of carboxylic acids is 1. The Hall–Kier alpha value is -1.37. The van der Waals surface area contributed by atoms with Crippen LogP contribution in [0.4, 0.5) is 0 Å². The molecular weight excluding hydrogens is 343 g/mol. The maximum Gasteiger partial charge on any atom is 0.338 e. The number of aromatic nitrogens is 2. The van der Waals surface area contributed by atoms with Gasteiger partial charge in [0, 0.05) is 6.20 Å². The van der Waals surface area contributed by atoms with Crippen LogP contribution in [0.25, 0.3) is 5.69 Å². The quantitative estimate of drug-likeness (QED) is 0.662. The van der Waals surface area contributed by atoms with Crippen molar-refractivity contribution in [3.8, 4) is 5.69 Å². The Kier molecular flexibility index (Phi) is 4.35. The Morgan fingerprint density at radius 2 is 2.06 bits per heavy atom. The van der Waals surface area contributed by atoms with E-state index in [1.165, 1.54) is 24.4 Å². The van der Waals surface area contributed by atoms with Crippen molar-refractivity contribution in [1.82, 2.24) is 9.78 Å². The van der Waals surface area contributed by atoms with E-state index in [1.807, 2.05) is 12.1 Å². The van der Waals surface area contributed by atoms with Crippen LogP contribution in [0.5, 0.6) is 0 Å². The molecule has 0 atom stereocenters. The molecule has 0 spiro atoms. The second-order valence-electron chi connectivity index (χ2n) is 3.94. The minimum absolute atomic E-state index is 0.198. The molecule has 4 nitrogen and oxygen atoms in total. The molecule has 1 N–H and O–H groups in total. The predicted molar refractivity (Wildman–Crippen MR) is 77.7 cm³/mol. The third kappa shape index (κ3) is 3.10. The van der Waals surface area contributed by atoms with Gasteiger partial charge in [0.15, 0.2) is 0 Å². The highest BCUT2D eigenvalue weighted by molar-refractivity contribution is 14.1. The van der Waals surface area contributed by atoms with E-state index < -0.39 is 5.97 Å². The zero-order valence-corrected chi connectivity index (χ0v) is 11.9. The lowest BCUT2D eigenvalue weighted by atomic mass is 10.1. The van der Waals surface area contributed by atoms with Crippen molar-refractivity contribution in [2.24, 2.45) is 0 Å². The highest BCUT2D eigenvalue weighted by atomic mass is 127. The molecule has 0 aliphatic rings. The number of carboxylic acid groups (broad SMARTS) is 1. The number of carbonyl (C=O) groups is 1. The summed E-state index contributed by atoms with van der Waals surface area (Å²) >= 11 is 2.37. The van der Waals surface area contributed by atoms with Gasteiger partial charge in [-0.25, -0.2) is 9.48 Å². The van der Waals surface area contributed by atoms with E-state index >= 15 is 0 Å². The zero-order chi connectivity index (χ0) is 13.0. The maximum absolute atomic E-state index is 10.8. The zero-order valence-electron chi connectivity index (χ0n) is 9.71. The molecule has 0 unspecified atom stereocenters. The minimum Gasteiger partial charge on any atom is -0.478 e. The van der Waals surface area contributed by atoms with Crippen molar-refractivity contribution in [1.29, 1.82) is 0 Å². The molecule has 5 heteroatoms. The molecule has 0 amide bonds. The molecule has 0 radical (unpaired) electrons. The molecule has 0 saturated carbocycles. The van der Waals surface area contributed by atoms with Crippen LogP contribution in [-0.4, -0.2) is 25.3 Å². The maximum atomic E-state index is 10.8. The van der Waals surface area contributed by atoms with Crippen LogP contribution in [0, 0.1) is 0 Å². The average Bonchev–Trinajstić information content (AvgIpc) is 2.87. The highest BCUT2D eigenvalue weighted by Crippen LogP contribution is 2.12. The molecule has 0 saturated heterocycles. The van der Waals surface area contributed by atoms with Gasteiger partial charge in [0.1, 0.15) is 0 Å². The van der Waals surface area contributed by atoms with Gasteiger partial charge >= 0.3 is 5.97 Å². The number of aryl methyl sites for hydroxylation is 1. The Balaban J connectivity index is 2.15. The van der Waals surface area contributed by atoms with Crippen LogP contribution >= 0.6 is 22.6 Å². The second-order valence-corrected chi connectivity index (χ2v) is 5.02. The van der Waals surface area contributed by atoms with E-state index in [0.717, 1.165) is 16.5 Å². The lowest BCUT2D eigenvalue weighted by Gasteiger charge is -2.03. The third-order valence-corrected chi connectivity index (χ3v) is 3.39. The Bertz CT molecular complexity index is 534. The summed E-state index contributed by atoms with van der Waals surface area (Å²) in [5.74, 6) is -0.958. The van der Waals surface area contributed by atoms with Gasteiger partial charge in [-0.1, -0.05) is 34.7 Å². The molecule has 0 aliphatic carbocycles. The average molecular weight is 356 g/mol. The Morgan fingerprint density at radius 3 is 2.61 bits per heavy atom. The van der Waals surface area contributed by atoms with Crippen molar-refractivity contribution >= 4 is 28.6 Å². The van der Waals surface area contributed by atoms with Crippen LogP contribution in [0.3, 0.4) is 0 Å². The standard InChI is InChI=1S/C13H13IN2O2/c14-7-1-2-10-3-5-12(6-4-10)16-9-11(8-15-16)13(17)18/h3-6,8-9H,1-2,7H2,(H,17,18). The van der Waals surface area contributed by atoms with Crippen LogP contribution in [0.2, 0.25) is 0 Å². The number of benzene rings is 1. The molecule has 18 heavy (non-hydrogen) atoms. The van der Waals surface area contributed by atoms with E-state index in [0.29, 0.717) is 0 Å². The summed E-state index contributed by atoms with van der Waals surface area (Å²) in [6, 6.07) is 8.04. The monoisotopic (exact) mass is 356 g/mol. The topological polar surface area (TPSA) is 55.1 Å². The molecule has 2 aromatic rings. The number of alkyl halides is 1. The lowest BCUT2D eigenvalue weighted by molar-refractivity contribution is 0.0697. The van der Waals surface area contributed by atoms with Crippen molar-refractivity contribution in [3.05, 3.63) is 47.8 Å². The number of hydrogen-bond donors (Lipinski definition) is 1. The molecule has 0 bridgehead atoms. The summed E-state index contributed by atoms with van der Waals surface area (Å²) in [7, 11) is 0. The van der Waals surface area contributed by atoms with E-state index in [-0.39, 0.29) is 5.56 Å². The second kappa shape index (κ2) is 5.99. The van der Waals surface area contributed by atoms with Gasteiger partial charge in [-0.3, -0.25) is 0 Å². The van der Waals surface area contributed by atoms with Gasteiger partial charge in [-0.2, -0.15) is 5.10 Å². The van der Waals surface area contributed by atoms with E-state index in [4.69, 9.17) is 5.11 Å². The number of aromatic carboxylic acids is 1. The summed E-state index contributed by atoms with van der Waals surface area (Å²) in [6.07, 6.45) is 5.11. The van der Waals surface area contributed by atoms with Crippen LogP contribution in [-0.2, 0) is 6.42 Å². The van der Waals surface area contributed by atoms with Gasteiger partial charge < -0.3 is 5.11 Å². The largest absolute Gasteiger partial charge is 0.478 e. The molecule has 2 rings (SSSR count). The molecule has 0 fully saturated rings. The van der Waals surface area contributed by atoms with E-state index in [2.05, 4.69) is 39.8 Å². The smallest absolute Gasteiger partial charge is 0.338 e. The lowest BCUT2D eigenvalue weighted by Crippen LogP contribution is -1.96. The summed E-state index contributed by atoms with van der Waals surface area (Å²) in [5, 5.41) is 12.9. The van der Waals surface area contributed by atoms with Crippen molar-refractivity contribution in [2.75, 3.05) is 4.43 Å². The first-order valence-corrected chi connectivity index (χ1v) is 7.16. The van der Waals surface area contributed by atoms with Gasteiger partial charge in [-0.05, 0) is 35.0 Å². The number of rotatable bonds is 5. The summed E-state index contributed by atoms with van der Waals surface area (Å²) in [6.45, 7) is 0. The van der Waals surface area contributed by atoms with Crippen molar-refractivity contribution in [3.63, 3.8) is 0 Å². The molecule has 1 aromatic heterocycles. The summed E-state index contributed by atoms with van der Waals surface area (Å²) in [4.78, 5) is 10.8. The van der Waals surface area contributed by atoms with Crippen molar-refractivity contribution in [2.45, 2.75) is 12.8 Å². The predicted octanol–water partition coefficient (Wildman–Crippen LogP) is 2.94. The molecule has 94 valence electrons. The first-order valence-electron chi connectivity index (χ1n) is 5.64. The van der Waals surface area contributed by atoms with E-state index in [9.17, 15) is 4.79 Å². The molecule has 1 heterocycles.